The number of ether oxygens (including phenoxy) is 1. The Kier molecular flexibility index (Phi) is 6.01. The van der Waals surface area contributed by atoms with E-state index in [4.69, 9.17) is 16.3 Å². The summed E-state index contributed by atoms with van der Waals surface area (Å²) >= 11 is 7.63. The van der Waals surface area contributed by atoms with Gasteiger partial charge in [-0.25, -0.2) is 8.42 Å². The van der Waals surface area contributed by atoms with Crippen molar-refractivity contribution in [2.24, 2.45) is 0 Å². The van der Waals surface area contributed by atoms with Crippen LogP contribution in [-0.2, 0) is 21.2 Å². The molecular formula is C17H21ClN2O3S2. The van der Waals surface area contributed by atoms with E-state index < -0.39 is 10.0 Å². The van der Waals surface area contributed by atoms with Crippen molar-refractivity contribution in [2.75, 3.05) is 37.6 Å². The molecule has 1 fully saturated rings. The fourth-order valence-electron chi connectivity index (χ4n) is 2.79. The summed E-state index contributed by atoms with van der Waals surface area (Å²) in [7, 11) is -3.66. The minimum atomic E-state index is -3.66. The molecule has 2 aromatic rings. The second kappa shape index (κ2) is 8.05. The van der Waals surface area contributed by atoms with Crippen LogP contribution in [0.25, 0.3) is 0 Å². The van der Waals surface area contributed by atoms with Crippen molar-refractivity contribution in [3.8, 4) is 0 Å². The van der Waals surface area contributed by atoms with Gasteiger partial charge in [-0.05, 0) is 42.5 Å². The van der Waals surface area contributed by atoms with Crippen molar-refractivity contribution < 1.29 is 13.2 Å². The normalized spacial score (nSPS) is 16.1. The molecule has 0 bridgehead atoms. The van der Waals surface area contributed by atoms with E-state index in [2.05, 4.69) is 9.62 Å². The molecule has 1 saturated heterocycles. The quantitative estimate of drug-likeness (QED) is 0.807. The van der Waals surface area contributed by atoms with E-state index in [-0.39, 0.29) is 4.90 Å². The van der Waals surface area contributed by atoms with Crippen LogP contribution >= 0.6 is 22.9 Å². The number of nitrogens with one attached hydrogen (secondary N) is 1. The number of benzene rings is 1. The van der Waals surface area contributed by atoms with Crippen molar-refractivity contribution in [3.63, 3.8) is 0 Å². The number of morpholine rings is 1. The van der Waals surface area contributed by atoms with Crippen molar-refractivity contribution in [1.29, 1.82) is 0 Å². The topological polar surface area (TPSA) is 58.6 Å². The van der Waals surface area contributed by atoms with E-state index in [1.165, 1.54) is 0 Å². The van der Waals surface area contributed by atoms with Gasteiger partial charge in [0, 0.05) is 29.5 Å². The van der Waals surface area contributed by atoms with Gasteiger partial charge in [-0.2, -0.15) is 0 Å². The van der Waals surface area contributed by atoms with Crippen molar-refractivity contribution in [2.45, 2.75) is 18.2 Å². The summed E-state index contributed by atoms with van der Waals surface area (Å²) in [5.41, 5.74) is 1.21. The highest BCUT2D eigenvalue weighted by Gasteiger charge is 2.20. The highest BCUT2D eigenvalue weighted by Crippen LogP contribution is 2.28. The number of hydrogen-bond acceptors (Lipinski definition) is 5. The number of nitrogens with zero attached hydrogens (tertiary/aromatic N) is 1. The third-order valence-electron chi connectivity index (χ3n) is 4.26. The molecule has 1 aliphatic rings. The predicted octanol–water partition coefficient (Wildman–Crippen LogP) is 3.39. The zero-order valence-corrected chi connectivity index (χ0v) is 16.4. The average molecular weight is 401 g/mol. The molecule has 5 nitrogen and oxygen atoms in total. The van der Waals surface area contributed by atoms with Crippen molar-refractivity contribution in [1.82, 2.24) is 4.90 Å². The van der Waals surface area contributed by atoms with Gasteiger partial charge in [0.1, 0.15) is 0 Å². The van der Waals surface area contributed by atoms with E-state index in [1.807, 2.05) is 11.4 Å². The first-order valence-corrected chi connectivity index (χ1v) is 10.9. The maximum atomic E-state index is 12.7. The van der Waals surface area contributed by atoms with Crippen LogP contribution < -0.4 is 4.72 Å². The van der Waals surface area contributed by atoms with E-state index in [1.54, 1.807) is 36.5 Å². The van der Waals surface area contributed by atoms with E-state index in [9.17, 15) is 8.42 Å². The number of hydrogen-bond donors (Lipinski definition) is 1. The summed E-state index contributed by atoms with van der Waals surface area (Å²) in [5, 5.41) is 2.36. The van der Waals surface area contributed by atoms with E-state index >= 15 is 0 Å². The first-order chi connectivity index (χ1) is 12.0. The summed E-state index contributed by atoms with van der Waals surface area (Å²) in [6, 6.07) is 6.73. The molecule has 1 aromatic carbocycles. The molecule has 0 spiro atoms. The third-order valence-corrected chi connectivity index (χ3v) is 7.16. The standard InChI is InChI=1S/C17H21ClN2O3S2/c1-13-14(18)3-2-4-17(13)25(21,22)19-15-6-12-24-16(15)5-7-20-8-10-23-11-9-20/h2-4,6,12,19H,5,7-11H2,1H3. The Morgan fingerprint density at radius 3 is 2.80 bits per heavy atom. The maximum Gasteiger partial charge on any atom is 0.262 e. The summed E-state index contributed by atoms with van der Waals surface area (Å²) in [6.07, 6.45) is 0.810. The number of halogens is 1. The lowest BCUT2D eigenvalue weighted by atomic mass is 10.2. The fraction of sp³-hybridized carbons (Fsp3) is 0.412. The van der Waals surface area contributed by atoms with Crippen LogP contribution in [0.3, 0.4) is 0 Å². The van der Waals surface area contributed by atoms with Gasteiger partial charge in [-0.1, -0.05) is 17.7 Å². The number of sulfonamides is 1. The van der Waals surface area contributed by atoms with Gasteiger partial charge in [0.05, 0.1) is 23.8 Å². The second-order valence-electron chi connectivity index (χ2n) is 5.93. The molecule has 0 aliphatic carbocycles. The van der Waals surface area contributed by atoms with Gasteiger partial charge < -0.3 is 4.74 Å². The average Bonchev–Trinajstić information content (AvgIpc) is 3.02. The van der Waals surface area contributed by atoms with Gasteiger partial charge >= 0.3 is 0 Å². The number of thiophene rings is 1. The maximum absolute atomic E-state index is 12.7. The molecule has 3 rings (SSSR count). The van der Waals surface area contributed by atoms with Crippen LogP contribution in [0.2, 0.25) is 5.02 Å². The molecule has 2 heterocycles. The molecule has 1 aromatic heterocycles. The lowest BCUT2D eigenvalue weighted by Crippen LogP contribution is -2.37. The Morgan fingerprint density at radius 1 is 1.28 bits per heavy atom. The Morgan fingerprint density at radius 2 is 2.04 bits per heavy atom. The molecule has 1 aliphatic heterocycles. The lowest BCUT2D eigenvalue weighted by Gasteiger charge is -2.26. The molecule has 0 saturated carbocycles. The van der Waals surface area contributed by atoms with Crippen LogP contribution in [0.1, 0.15) is 10.4 Å². The predicted molar refractivity (Wildman–Crippen MR) is 102 cm³/mol. The molecule has 0 atom stereocenters. The smallest absolute Gasteiger partial charge is 0.262 e. The van der Waals surface area contributed by atoms with Gasteiger partial charge in [0.2, 0.25) is 0 Å². The second-order valence-corrected chi connectivity index (χ2v) is 8.99. The SMILES string of the molecule is Cc1c(Cl)cccc1S(=O)(=O)Nc1ccsc1CCN1CCOCC1. The molecule has 0 radical (unpaired) electrons. The summed E-state index contributed by atoms with van der Waals surface area (Å²) in [6.45, 7) is 5.98. The first kappa shape index (κ1) is 18.7. The molecule has 1 N–H and O–H groups in total. The Bertz CT molecular complexity index is 830. The summed E-state index contributed by atoms with van der Waals surface area (Å²) < 4.78 is 33.6. The lowest BCUT2D eigenvalue weighted by molar-refractivity contribution is 0.0385. The minimum Gasteiger partial charge on any atom is -0.379 e. The van der Waals surface area contributed by atoms with Crippen LogP contribution in [-0.4, -0.2) is 46.2 Å². The number of rotatable bonds is 6. The van der Waals surface area contributed by atoms with Crippen LogP contribution in [0, 0.1) is 6.92 Å². The van der Waals surface area contributed by atoms with Gasteiger partial charge in [0.15, 0.2) is 0 Å². The molecule has 0 amide bonds. The molecule has 8 heteroatoms. The van der Waals surface area contributed by atoms with Gasteiger partial charge in [-0.3, -0.25) is 9.62 Å². The largest absolute Gasteiger partial charge is 0.379 e. The molecular weight excluding hydrogens is 380 g/mol. The fourth-order valence-corrected chi connectivity index (χ4v) is 5.27. The summed E-state index contributed by atoms with van der Waals surface area (Å²) in [5.74, 6) is 0. The van der Waals surface area contributed by atoms with E-state index in [0.29, 0.717) is 16.3 Å². The van der Waals surface area contributed by atoms with Gasteiger partial charge in [-0.15, -0.1) is 11.3 Å². The number of anilines is 1. The zero-order chi connectivity index (χ0) is 17.9. The minimum absolute atomic E-state index is 0.213. The van der Waals surface area contributed by atoms with Crippen LogP contribution in [0.4, 0.5) is 5.69 Å². The third kappa shape index (κ3) is 4.54. The highest BCUT2D eigenvalue weighted by atomic mass is 35.5. The van der Waals surface area contributed by atoms with E-state index in [0.717, 1.165) is 44.1 Å². The molecule has 136 valence electrons. The Balaban J connectivity index is 1.72. The van der Waals surface area contributed by atoms with Crippen LogP contribution in [0.15, 0.2) is 34.5 Å². The highest BCUT2D eigenvalue weighted by molar-refractivity contribution is 7.92. The molecule has 0 unspecified atom stereocenters. The van der Waals surface area contributed by atoms with Gasteiger partial charge in [0.25, 0.3) is 10.0 Å². The Labute approximate surface area is 157 Å². The van der Waals surface area contributed by atoms with Crippen molar-refractivity contribution >= 4 is 38.6 Å². The summed E-state index contributed by atoms with van der Waals surface area (Å²) in [4.78, 5) is 3.59. The first-order valence-electron chi connectivity index (χ1n) is 8.12. The Hall–Kier alpha value is -1.12. The van der Waals surface area contributed by atoms with Crippen molar-refractivity contribution in [3.05, 3.63) is 45.1 Å². The molecule has 25 heavy (non-hydrogen) atoms. The van der Waals surface area contributed by atoms with Crippen LogP contribution in [0.5, 0.6) is 0 Å². The monoisotopic (exact) mass is 400 g/mol. The zero-order valence-electron chi connectivity index (χ0n) is 14.0.